The molecule has 0 radical (unpaired) electrons. The first-order chi connectivity index (χ1) is 15.9. The van der Waals surface area contributed by atoms with Crippen molar-refractivity contribution in [3.63, 3.8) is 0 Å². The summed E-state index contributed by atoms with van der Waals surface area (Å²) < 4.78 is 4.52. The van der Waals surface area contributed by atoms with E-state index in [4.69, 9.17) is 0 Å². The summed E-state index contributed by atoms with van der Waals surface area (Å²) in [6, 6.07) is 34.1. The Labute approximate surface area is 184 Å². The van der Waals surface area contributed by atoms with E-state index in [9.17, 15) is 0 Å². The van der Waals surface area contributed by atoms with Gasteiger partial charge >= 0.3 is 0 Å². The van der Waals surface area contributed by atoms with Crippen LogP contribution in [-0.2, 0) is 0 Å². The molecule has 0 saturated carbocycles. The molecule has 0 aliphatic heterocycles. The maximum atomic E-state index is 4.56. The van der Waals surface area contributed by atoms with Crippen LogP contribution in [0.15, 0.2) is 109 Å². The van der Waals surface area contributed by atoms with E-state index in [1.807, 2.05) is 6.07 Å². The molecule has 0 aliphatic rings. The average Bonchev–Trinajstić information content (AvgIpc) is 3.36. The number of para-hydroxylation sites is 3. The lowest BCUT2D eigenvalue weighted by Crippen LogP contribution is -1.99. The number of rotatable bonds is 2. The van der Waals surface area contributed by atoms with Gasteiger partial charge in [0.05, 0.1) is 22.1 Å². The molecule has 4 nitrogen and oxygen atoms in total. The minimum Gasteiger partial charge on any atom is -0.309 e. The van der Waals surface area contributed by atoms with Gasteiger partial charge in [-0.25, -0.2) is 9.97 Å². The van der Waals surface area contributed by atoms with Gasteiger partial charge in [0.1, 0.15) is 0 Å². The van der Waals surface area contributed by atoms with Gasteiger partial charge in [0, 0.05) is 39.6 Å². The summed E-state index contributed by atoms with van der Waals surface area (Å²) in [5, 5.41) is 4.85. The van der Waals surface area contributed by atoms with Gasteiger partial charge in [0.25, 0.3) is 0 Å². The van der Waals surface area contributed by atoms with Gasteiger partial charge in [-0.05, 0) is 42.5 Å². The summed E-state index contributed by atoms with van der Waals surface area (Å²) in [6.45, 7) is 0. The van der Waals surface area contributed by atoms with Gasteiger partial charge < -0.3 is 4.57 Å². The third kappa shape index (κ3) is 2.32. The van der Waals surface area contributed by atoms with Crippen LogP contribution in [0.25, 0.3) is 55.2 Å². The Bertz CT molecular complexity index is 1630. The summed E-state index contributed by atoms with van der Waals surface area (Å²) in [5.41, 5.74) is 5.78. The van der Waals surface area contributed by atoms with Crippen molar-refractivity contribution in [3.05, 3.63) is 109 Å². The van der Waals surface area contributed by atoms with E-state index in [0.29, 0.717) is 5.95 Å². The van der Waals surface area contributed by atoms with Crippen LogP contribution < -0.4 is 0 Å². The molecule has 0 fully saturated rings. The average molecular weight is 410 g/mol. The third-order valence-corrected chi connectivity index (χ3v) is 6.23. The number of nitrogens with zero attached hydrogens (tertiary/aromatic N) is 4. The van der Waals surface area contributed by atoms with E-state index < -0.39 is 0 Å². The van der Waals surface area contributed by atoms with E-state index in [2.05, 4.69) is 110 Å². The van der Waals surface area contributed by atoms with Crippen molar-refractivity contribution in [2.75, 3.05) is 0 Å². The molecular weight excluding hydrogens is 392 g/mol. The quantitative estimate of drug-likeness (QED) is 0.319. The Balaban J connectivity index is 1.71. The van der Waals surface area contributed by atoms with Gasteiger partial charge in [-0.2, -0.15) is 0 Å². The highest BCUT2D eigenvalue weighted by Gasteiger charge is 2.18. The van der Waals surface area contributed by atoms with E-state index in [1.165, 1.54) is 32.6 Å². The first kappa shape index (κ1) is 17.3. The topological polar surface area (TPSA) is 35.6 Å². The molecule has 0 atom stereocenters. The van der Waals surface area contributed by atoms with E-state index >= 15 is 0 Å². The maximum Gasteiger partial charge on any atom is 0.234 e. The molecule has 3 heterocycles. The molecule has 4 heteroatoms. The highest BCUT2D eigenvalue weighted by molar-refractivity contribution is 6.18. The van der Waals surface area contributed by atoms with Gasteiger partial charge in [0.2, 0.25) is 5.95 Å². The molecular formula is C28H18N4. The molecule has 0 N–H and O–H groups in total. The fourth-order valence-corrected chi connectivity index (χ4v) is 4.91. The lowest BCUT2D eigenvalue weighted by atomic mass is 10.1. The zero-order valence-electron chi connectivity index (χ0n) is 17.2. The Kier molecular flexibility index (Phi) is 3.52. The predicted octanol–water partition coefficient (Wildman–Crippen LogP) is 6.67. The number of benzene rings is 4. The molecule has 0 aliphatic carbocycles. The molecule has 32 heavy (non-hydrogen) atoms. The Morgan fingerprint density at radius 1 is 0.438 bits per heavy atom. The van der Waals surface area contributed by atoms with Crippen molar-refractivity contribution in [2.45, 2.75) is 0 Å². The normalized spacial score (nSPS) is 11.8. The van der Waals surface area contributed by atoms with Crippen molar-refractivity contribution in [2.24, 2.45) is 0 Å². The van der Waals surface area contributed by atoms with E-state index in [-0.39, 0.29) is 0 Å². The minimum atomic E-state index is 0.685. The van der Waals surface area contributed by atoms with Crippen molar-refractivity contribution < 1.29 is 0 Å². The molecule has 0 bridgehead atoms. The Morgan fingerprint density at radius 3 is 1.62 bits per heavy atom. The van der Waals surface area contributed by atoms with E-state index in [0.717, 1.165) is 16.7 Å². The van der Waals surface area contributed by atoms with Crippen LogP contribution in [0.4, 0.5) is 0 Å². The molecule has 7 aromatic rings. The number of hydrogen-bond donors (Lipinski definition) is 0. The van der Waals surface area contributed by atoms with Gasteiger partial charge in [-0.3, -0.25) is 4.57 Å². The van der Waals surface area contributed by atoms with E-state index in [1.54, 1.807) is 12.4 Å². The number of hydrogen-bond acceptors (Lipinski definition) is 2. The molecule has 0 unspecified atom stereocenters. The highest BCUT2D eigenvalue weighted by atomic mass is 15.1. The van der Waals surface area contributed by atoms with Crippen LogP contribution in [-0.4, -0.2) is 19.1 Å². The third-order valence-electron chi connectivity index (χ3n) is 6.23. The molecule has 0 amide bonds. The van der Waals surface area contributed by atoms with Crippen molar-refractivity contribution in [1.29, 1.82) is 0 Å². The number of fused-ring (bicyclic) bond motifs is 6. The Hall–Kier alpha value is -4.44. The second-order valence-electron chi connectivity index (χ2n) is 7.98. The lowest BCUT2D eigenvalue weighted by molar-refractivity contribution is 0.989. The second kappa shape index (κ2) is 6.53. The first-order valence-corrected chi connectivity index (χ1v) is 10.7. The molecule has 7 rings (SSSR count). The van der Waals surface area contributed by atoms with Gasteiger partial charge in [0.15, 0.2) is 0 Å². The SMILES string of the molecule is c1ccc(-n2c3ccccc3c3cc4c(cc32)c2ccccc2n4-c2ncccn2)cc1. The standard InChI is InChI=1S/C28H18N4/c1-2-9-19(10-3-1)31-24-13-6-4-11-20(24)22-18-27-23(17-26(22)31)21-12-5-7-14-25(21)32(27)28-29-15-8-16-30-28/h1-18H. The summed E-state index contributed by atoms with van der Waals surface area (Å²) in [4.78, 5) is 9.13. The second-order valence-corrected chi connectivity index (χ2v) is 7.98. The van der Waals surface area contributed by atoms with Gasteiger partial charge in [-0.1, -0.05) is 54.6 Å². The largest absolute Gasteiger partial charge is 0.309 e. The summed E-state index contributed by atoms with van der Waals surface area (Å²) in [6.07, 6.45) is 3.59. The van der Waals surface area contributed by atoms with Gasteiger partial charge in [-0.15, -0.1) is 0 Å². The van der Waals surface area contributed by atoms with Crippen molar-refractivity contribution in [1.82, 2.24) is 19.1 Å². The Morgan fingerprint density at radius 2 is 0.969 bits per heavy atom. The van der Waals surface area contributed by atoms with Crippen LogP contribution in [0.3, 0.4) is 0 Å². The lowest BCUT2D eigenvalue weighted by Gasteiger charge is -2.08. The molecule has 0 saturated heterocycles. The highest BCUT2D eigenvalue weighted by Crippen LogP contribution is 2.38. The molecule has 4 aromatic carbocycles. The summed E-state index contributed by atoms with van der Waals surface area (Å²) >= 11 is 0. The molecule has 3 aromatic heterocycles. The monoisotopic (exact) mass is 410 g/mol. The van der Waals surface area contributed by atoms with Crippen LogP contribution in [0.2, 0.25) is 0 Å². The molecule has 150 valence electrons. The van der Waals surface area contributed by atoms with Crippen molar-refractivity contribution >= 4 is 43.6 Å². The summed E-state index contributed by atoms with van der Waals surface area (Å²) in [7, 11) is 0. The van der Waals surface area contributed by atoms with Crippen LogP contribution in [0, 0.1) is 0 Å². The van der Waals surface area contributed by atoms with Crippen LogP contribution in [0.1, 0.15) is 0 Å². The van der Waals surface area contributed by atoms with Crippen LogP contribution >= 0.6 is 0 Å². The smallest absolute Gasteiger partial charge is 0.234 e. The number of aromatic nitrogens is 4. The minimum absolute atomic E-state index is 0.685. The van der Waals surface area contributed by atoms with Crippen molar-refractivity contribution in [3.8, 4) is 11.6 Å². The fraction of sp³-hybridized carbons (Fsp3) is 0. The predicted molar refractivity (Wildman–Crippen MR) is 131 cm³/mol. The fourth-order valence-electron chi connectivity index (χ4n) is 4.91. The maximum absolute atomic E-state index is 4.56. The first-order valence-electron chi connectivity index (χ1n) is 10.7. The zero-order chi connectivity index (χ0) is 21.1. The summed E-state index contributed by atoms with van der Waals surface area (Å²) in [5.74, 6) is 0.685. The van der Waals surface area contributed by atoms with Crippen LogP contribution in [0.5, 0.6) is 0 Å². The zero-order valence-corrected chi connectivity index (χ0v) is 17.2. The molecule has 0 spiro atoms.